The van der Waals surface area contributed by atoms with Crippen LogP contribution in [0.25, 0.3) is 0 Å². The van der Waals surface area contributed by atoms with Crippen LogP contribution in [-0.4, -0.2) is 17.0 Å². The lowest BCUT2D eigenvalue weighted by Crippen LogP contribution is -2.23. The zero-order valence-corrected chi connectivity index (χ0v) is 11.1. The first-order valence-electron chi connectivity index (χ1n) is 6.23. The Kier molecular flexibility index (Phi) is 4.15. The van der Waals surface area contributed by atoms with E-state index in [1.165, 1.54) is 12.1 Å². The fourth-order valence-electron chi connectivity index (χ4n) is 1.92. The summed E-state index contributed by atoms with van der Waals surface area (Å²) in [6, 6.07) is 14.1. The van der Waals surface area contributed by atoms with Crippen molar-refractivity contribution in [1.82, 2.24) is 5.32 Å². The minimum absolute atomic E-state index is 0.120. The third kappa shape index (κ3) is 3.45. The zero-order chi connectivity index (χ0) is 14.5. The maximum Gasteiger partial charge on any atom is 0.335 e. The Balaban J connectivity index is 2.11. The van der Waals surface area contributed by atoms with Gasteiger partial charge in [-0.05, 0) is 36.2 Å². The third-order valence-corrected chi connectivity index (χ3v) is 2.88. The molecule has 4 nitrogen and oxygen atoms in total. The van der Waals surface area contributed by atoms with Crippen molar-refractivity contribution in [3.05, 3.63) is 70.8 Å². The van der Waals surface area contributed by atoms with Gasteiger partial charge in [0.1, 0.15) is 0 Å². The highest BCUT2D eigenvalue weighted by Gasteiger charge is 2.10. The van der Waals surface area contributed by atoms with E-state index in [9.17, 15) is 9.59 Å². The van der Waals surface area contributed by atoms with Gasteiger partial charge >= 0.3 is 5.97 Å². The molecule has 0 atom stereocenters. The maximum atomic E-state index is 12.0. The van der Waals surface area contributed by atoms with E-state index in [4.69, 9.17) is 5.11 Å². The molecule has 102 valence electrons. The fraction of sp³-hybridized carbons (Fsp3) is 0.125. The van der Waals surface area contributed by atoms with Gasteiger partial charge in [-0.2, -0.15) is 0 Å². The summed E-state index contributed by atoms with van der Waals surface area (Å²) in [5, 5.41) is 11.8. The van der Waals surface area contributed by atoms with Gasteiger partial charge in [0.2, 0.25) is 0 Å². The molecule has 2 aromatic carbocycles. The first-order chi connectivity index (χ1) is 9.56. The largest absolute Gasteiger partial charge is 0.478 e. The second kappa shape index (κ2) is 6.02. The predicted octanol–water partition coefficient (Wildman–Crippen LogP) is 2.62. The molecule has 0 aromatic heterocycles. The molecule has 2 N–H and O–H groups in total. The summed E-state index contributed by atoms with van der Waals surface area (Å²) in [7, 11) is 0. The van der Waals surface area contributed by atoms with Gasteiger partial charge in [0, 0.05) is 12.1 Å². The molecule has 0 radical (unpaired) electrons. The first-order valence-corrected chi connectivity index (χ1v) is 6.23. The van der Waals surface area contributed by atoms with E-state index in [0.29, 0.717) is 12.1 Å². The summed E-state index contributed by atoms with van der Waals surface area (Å²) in [6.45, 7) is 2.18. The quantitative estimate of drug-likeness (QED) is 0.896. The number of carboxylic acid groups (broad SMARTS) is 1. The summed E-state index contributed by atoms with van der Waals surface area (Å²) in [6.07, 6.45) is 0. The maximum absolute atomic E-state index is 12.0. The Hall–Kier alpha value is -2.62. The van der Waals surface area contributed by atoms with Gasteiger partial charge in [-0.3, -0.25) is 4.79 Å². The second-order valence-electron chi connectivity index (χ2n) is 4.56. The number of aromatic carboxylic acids is 1. The first kappa shape index (κ1) is 13.8. The monoisotopic (exact) mass is 269 g/mol. The van der Waals surface area contributed by atoms with E-state index >= 15 is 0 Å². The van der Waals surface area contributed by atoms with Gasteiger partial charge in [-0.15, -0.1) is 0 Å². The summed E-state index contributed by atoms with van der Waals surface area (Å²) in [5.74, 6) is -1.31. The van der Waals surface area contributed by atoms with Crippen LogP contribution in [0.5, 0.6) is 0 Å². The molecular weight excluding hydrogens is 254 g/mol. The molecule has 20 heavy (non-hydrogen) atoms. The van der Waals surface area contributed by atoms with Crippen LogP contribution in [0.2, 0.25) is 0 Å². The molecule has 2 aromatic rings. The van der Waals surface area contributed by atoms with E-state index in [2.05, 4.69) is 5.32 Å². The molecule has 0 bridgehead atoms. The van der Waals surface area contributed by atoms with E-state index in [1.807, 2.05) is 30.3 Å². The lowest BCUT2D eigenvalue weighted by Gasteiger charge is -2.07. The Morgan fingerprint density at radius 3 is 2.35 bits per heavy atom. The van der Waals surface area contributed by atoms with Crippen LogP contribution in [0.3, 0.4) is 0 Å². The molecule has 0 saturated carbocycles. The molecule has 0 saturated heterocycles. The number of carbonyl (C=O) groups is 2. The number of nitrogens with one attached hydrogen (secondary N) is 1. The van der Waals surface area contributed by atoms with Gasteiger partial charge in [0.05, 0.1) is 5.56 Å². The second-order valence-corrected chi connectivity index (χ2v) is 4.56. The Labute approximate surface area is 117 Å². The summed E-state index contributed by atoms with van der Waals surface area (Å²) < 4.78 is 0. The standard InChI is InChI=1S/C16H15NO3/c1-11-7-13(9-14(8-11)16(19)20)15(18)17-10-12-5-3-2-4-6-12/h2-9H,10H2,1H3,(H,17,18)(H,19,20). The minimum atomic E-state index is -1.04. The van der Waals surface area contributed by atoms with E-state index < -0.39 is 5.97 Å². The van der Waals surface area contributed by atoms with Crippen LogP contribution in [0, 0.1) is 6.92 Å². The lowest BCUT2D eigenvalue weighted by atomic mass is 10.1. The normalized spacial score (nSPS) is 10.1. The van der Waals surface area contributed by atoms with Crippen LogP contribution < -0.4 is 5.32 Å². The summed E-state index contributed by atoms with van der Waals surface area (Å²) in [4.78, 5) is 23.0. The SMILES string of the molecule is Cc1cc(C(=O)O)cc(C(=O)NCc2ccccc2)c1. The molecular formula is C16H15NO3. The van der Waals surface area contributed by atoms with Crippen LogP contribution in [0.4, 0.5) is 0 Å². The number of amides is 1. The highest BCUT2D eigenvalue weighted by molar-refractivity contribution is 5.97. The number of carbonyl (C=O) groups excluding carboxylic acids is 1. The lowest BCUT2D eigenvalue weighted by molar-refractivity contribution is 0.0696. The van der Waals surface area contributed by atoms with Crippen molar-refractivity contribution in [3.63, 3.8) is 0 Å². The van der Waals surface area contributed by atoms with E-state index in [-0.39, 0.29) is 11.5 Å². The highest BCUT2D eigenvalue weighted by atomic mass is 16.4. The molecule has 1 amide bonds. The topological polar surface area (TPSA) is 66.4 Å². The smallest absolute Gasteiger partial charge is 0.335 e. The van der Waals surface area contributed by atoms with Gasteiger partial charge < -0.3 is 10.4 Å². The average molecular weight is 269 g/mol. The number of aryl methyl sites for hydroxylation is 1. The molecule has 0 aliphatic carbocycles. The van der Waals surface area contributed by atoms with Crippen molar-refractivity contribution in [2.75, 3.05) is 0 Å². The molecule has 0 heterocycles. The molecule has 0 aliphatic rings. The molecule has 0 unspecified atom stereocenters. The molecule has 4 heteroatoms. The van der Waals surface area contributed by atoms with Gasteiger partial charge in [-0.25, -0.2) is 4.79 Å². The zero-order valence-electron chi connectivity index (χ0n) is 11.1. The molecule has 0 spiro atoms. The van der Waals surface area contributed by atoms with Crippen LogP contribution in [-0.2, 0) is 6.54 Å². The van der Waals surface area contributed by atoms with Crippen molar-refractivity contribution >= 4 is 11.9 Å². The molecule has 0 fully saturated rings. The van der Waals surface area contributed by atoms with Gasteiger partial charge in [-0.1, -0.05) is 30.3 Å². The Bertz CT molecular complexity index is 635. The number of rotatable bonds is 4. The Morgan fingerprint density at radius 1 is 1.05 bits per heavy atom. The van der Waals surface area contributed by atoms with Crippen molar-refractivity contribution < 1.29 is 14.7 Å². The van der Waals surface area contributed by atoms with Crippen molar-refractivity contribution in [3.8, 4) is 0 Å². The number of carboxylic acids is 1. The number of hydrogen-bond acceptors (Lipinski definition) is 2. The van der Waals surface area contributed by atoms with Crippen molar-refractivity contribution in [1.29, 1.82) is 0 Å². The van der Waals surface area contributed by atoms with Crippen LogP contribution in [0.1, 0.15) is 31.8 Å². The van der Waals surface area contributed by atoms with Crippen molar-refractivity contribution in [2.24, 2.45) is 0 Å². The van der Waals surface area contributed by atoms with Crippen molar-refractivity contribution in [2.45, 2.75) is 13.5 Å². The average Bonchev–Trinajstić information content (AvgIpc) is 2.45. The van der Waals surface area contributed by atoms with Crippen LogP contribution >= 0.6 is 0 Å². The highest BCUT2D eigenvalue weighted by Crippen LogP contribution is 2.10. The molecule has 0 aliphatic heterocycles. The van der Waals surface area contributed by atoms with E-state index in [1.54, 1.807) is 13.0 Å². The minimum Gasteiger partial charge on any atom is -0.478 e. The molecule has 2 rings (SSSR count). The fourth-order valence-corrected chi connectivity index (χ4v) is 1.92. The number of hydrogen-bond donors (Lipinski definition) is 2. The van der Waals surface area contributed by atoms with E-state index in [0.717, 1.165) is 11.1 Å². The summed E-state index contributed by atoms with van der Waals surface area (Å²) in [5.41, 5.74) is 2.22. The predicted molar refractivity (Wildman–Crippen MR) is 75.8 cm³/mol. The number of benzene rings is 2. The van der Waals surface area contributed by atoms with Gasteiger partial charge in [0.15, 0.2) is 0 Å². The van der Waals surface area contributed by atoms with Gasteiger partial charge in [0.25, 0.3) is 5.91 Å². The third-order valence-electron chi connectivity index (χ3n) is 2.88. The van der Waals surface area contributed by atoms with Crippen LogP contribution in [0.15, 0.2) is 48.5 Å². The summed E-state index contributed by atoms with van der Waals surface area (Å²) >= 11 is 0. The Morgan fingerprint density at radius 2 is 1.70 bits per heavy atom.